The van der Waals surface area contributed by atoms with Crippen LogP contribution < -0.4 is 5.73 Å². The highest BCUT2D eigenvalue weighted by Gasteiger charge is 2.25. The minimum atomic E-state index is 0.0859. The van der Waals surface area contributed by atoms with Gasteiger partial charge in [-0.25, -0.2) is 0 Å². The van der Waals surface area contributed by atoms with E-state index in [0.717, 1.165) is 30.3 Å². The lowest BCUT2D eigenvalue weighted by Crippen LogP contribution is -2.42. The van der Waals surface area contributed by atoms with Crippen molar-refractivity contribution in [2.24, 2.45) is 0 Å². The molecule has 1 amide bonds. The summed E-state index contributed by atoms with van der Waals surface area (Å²) in [5.41, 5.74) is 8.10. The summed E-state index contributed by atoms with van der Waals surface area (Å²) in [5, 5.41) is 0.994. The number of nitrogens with two attached hydrogens (primary N) is 1. The van der Waals surface area contributed by atoms with E-state index < -0.39 is 0 Å². The molecule has 0 spiro atoms. The van der Waals surface area contributed by atoms with Crippen molar-refractivity contribution in [3.05, 3.63) is 30.0 Å². The number of fused-ring (bicyclic) bond motifs is 1. The molecule has 1 aromatic carbocycles. The third kappa shape index (κ3) is 2.07. The van der Waals surface area contributed by atoms with Crippen molar-refractivity contribution in [2.75, 3.05) is 12.3 Å². The number of nitrogen functional groups attached to an aromatic ring is 1. The molecule has 3 N–H and O–H groups in total. The summed E-state index contributed by atoms with van der Waals surface area (Å²) in [7, 11) is 0. The minimum absolute atomic E-state index is 0.0859. The molecule has 4 heteroatoms. The molecule has 100 valence electrons. The SMILES string of the molecule is CC1CCCCN1C(=O)c1cc2cccc(N)c2[nH]1. The van der Waals surface area contributed by atoms with Gasteiger partial charge in [-0.3, -0.25) is 4.79 Å². The Labute approximate surface area is 112 Å². The van der Waals surface area contributed by atoms with Crippen LogP contribution in [0.1, 0.15) is 36.7 Å². The molecule has 1 atom stereocenters. The van der Waals surface area contributed by atoms with Gasteiger partial charge in [0.05, 0.1) is 11.2 Å². The van der Waals surface area contributed by atoms with Gasteiger partial charge in [-0.2, -0.15) is 0 Å². The first-order valence-electron chi connectivity index (χ1n) is 6.85. The zero-order chi connectivity index (χ0) is 13.4. The summed E-state index contributed by atoms with van der Waals surface area (Å²) < 4.78 is 0. The molecule has 0 radical (unpaired) electrons. The van der Waals surface area contributed by atoms with Crippen LogP contribution in [0.5, 0.6) is 0 Å². The lowest BCUT2D eigenvalue weighted by Gasteiger charge is -2.33. The van der Waals surface area contributed by atoms with Crippen molar-refractivity contribution in [3.8, 4) is 0 Å². The molecule has 4 nitrogen and oxygen atoms in total. The Morgan fingerprint density at radius 2 is 2.26 bits per heavy atom. The molecule has 1 unspecified atom stereocenters. The van der Waals surface area contributed by atoms with E-state index >= 15 is 0 Å². The topological polar surface area (TPSA) is 62.1 Å². The number of anilines is 1. The second-order valence-electron chi connectivity index (χ2n) is 5.34. The van der Waals surface area contributed by atoms with E-state index in [4.69, 9.17) is 5.73 Å². The quantitative estimate of drug-likeness (QED) is 0.772. The molecule has 2 aromatic rings. The maximum absolute atomic E-state index is 12.5. The number of para-hydroxylation sites is 1. The van der Waals surface area contributed by atoms with Crippen LogP contribution in [-0.4, -0.2) is 28.4 Å². The first-order chi connectivity index (χ1) is 9.16. The predicted octanol–water partition coefficient (Wildman–Crippen LogP) is 2.76. The molecule has 1 fully saturated rings. The van der Waals surface area contributed by atoms with E-state index in [1.807, 2.05) is 29.2 Å². The van der Waals surface area contributed by atoms with Crippen LogP contribution in [0.25, 0.3) is 10.9 Å². The van der Waals surface area contributed by atoms with Gasteiger partial charge in [0, 0.05) is 18.0 Å². The van der Waals surface area contributed by atoms with Crippen molar-refractivity contribution >= 4 is 22.5 Å². The van der Waals surface area contributed by atoms with Gasteiger partial charge < -0.3 is 15.6 Å². The van der Waals surface area contributed by atoms with Crippen molar-refractivity contribution in [3.63, 3.8) is 0 Å². The predicted molar refractivity (Wildman–Crippen MR) is 77.1 cm³/mol. The Hall–Kier alpha value is -1.97. The average molecular weight is 257 g/mol. The zero-order valence-electron chi connectivity index (χ0n) is 11.1. The molecular weight excluding hydrogens is 238 g/mol. The van der Waals surface area contributed by atoms with Crippen LogP contribution in [0, 0.1) is 0 Å². The van der Waals surface area contributed by atoms with Gasteiger partial charge >= 0.3 is 0 Å². The number of hydrogen-bond donors (Lipinski definition) is 2. The highest BCUT2D eigenvalue weighted by atomic mass is 16.2. The Bertz CT molecular complexity index is 617. The van der Waals surface area contributed by atoms with E-state index in [1.165, 1.54) is 6.42 Å². The third-order valence-electron chi connectivity index (χ3n) is 3.98. The molecule has 1 saturated heterocycles. The maximum Gasteiger partial charge on any atom is 0.270 e. The largest absolute Gasteiger partial charge is 0.397 e. The number of amides is 1. The fraction of sp³-hybridized carbons (Fsp3) is 0.400. The summed E-state index contributed by atoms with van der Waals surface area (Å²) in [4.78, 5) is 17.7. The molecule has 2 heterocycles. The zero-order valence-corrected chi connectivity index (χ0v) is 11.1. The number of aromatic amines is 1. The van der Waals surface area contributed by atoms with Gasteiger partial charge in [0.1, 0.15) is 5.69 Å². The first kappa shape index (κ1) is 12.1. The third-order valence-corrected chi connectivity index (χ3v) is 3.98. The van der Waals surface area contributed by atoms with Gasteiger partial charge in [0.2, 0.25) is 0 Å². The van der Waals surface area contributed by atoms with Crippen LogP contribution in [0.15, 0.2) is 24.3 Å². The van der Waals surface area contributed by atoms with Crippen LogP contribution in [0.4, 0.5) is 5.69 Å². The summed E-state index contributed by atoms with van der Waals surface area (Å²) in [6, 6.07) is 7.94. The molecule has 3 rings (SSSR count). The number of H-pyrrole nitrogens is 1. The van der Waals surface area contributed by atoms with Gasteiger partial charge in [-0.15, -0.1) is 0 Å². The van der Waals surface area contributed by atoms with E-state index in [-0.39, 0.29) is 5.91 Å². The van der Waals surface area contributed by atoms with Gasteiger partial charge in [-0.1, -0.05) is 12.1 Å². The molecule has 0 saturated carbocycles. The van der Waals surface area contributed by atoms with Crippen molar-refractivity contribution in [1.82, 2.24) is 9.88 Å². The van der Waals surface area contributed by atoms with Crippen LogP contribution in [-0.2, 0) is 0 Å². The first-order valence-corrected chi connectivity index (χ1v) is 6.85. The fourth-order valence-electron chi connectivity index (χ4n) is 2.85. The van der Waals surface area contributed by atoms with E-state index in [1.54, 1.807) is 0 Å². The molecule has 0 aliphatic carbocycles. The molecule has 1 aliphatic rings. The van der Waals surface area contributed by atoms with Gasteiger partial charge in [0.15, 0.2) is 0 Å². The fourth-order valence-corrected chi connectivity index (χ4v) is 2.85. The maximum atomic E-state index is 12.5. The van der Waals surface area contributed by atoms with E-state index in [9.17, 15) is 4.79 Å². The van der Waals surface area contributed by atoms with Crippen molar-refractivity contribution < 1.29 is 4.79 Å². The number of likely N-dealkylation sites (tertiary alicyclic amines) is 1. The Kier molecular flexibility index (Phi) is 2.93. The number of benzene rings is 1. The molecule has 0 bridgehead atoms. The lowest BCUT2D eigenvalue weighted by atomic mass is 10.0. The number of aromatic nitrogens is 1. The number of piperidine rings is 1. The standard InChI is InChI=1S/C15H19N3O/c1-10-5-2-3-8-18(10)15(19)13-9-11-6-4-7-12(16)14(11)17-13/h4,6-7,9-10,17H,2-3,5,8,16H2,1H3. The van der Waals surface area contributed by atoms with E-state index in [2.05, 4.69) is 11.9 Å². The van der Waals surface area contributed by atoms with Crippen LogP contribution in [0.2, 0.25) is 0 Å². The monoisotopic (exact) mass is 257 g/mol. The van der Waals surface area contributed by atoms with Gasteiger partial charge in [0.25, 0.3) is 5.91 Å². The Morgan fingerprint density at radius 1 is 1.42 bits per heavy atom. The average Bonchev–Trinajstić information content (AvgIpc) is 2.84. The summed E-state index contributed by atoms with van der Waals surface area (Å²) in [6.45, 7) is 2.97. The summed E-state index contributed by atoms with van der Waals surface area (Å²) in [5.74, 6) is 0.0859. The highest BCUT2D eigenvalue weighted by Crippen LogP contribution is 2.24. The number of nitrogens with zero attached hydrogens (tertiary/aromatic N) is 1. The summed E-state index contributed by atoms with van der Waals surface area (Å²) in [6.07, 6.45) is 3.40. The van der Waals surface area contributed by atoms with Crippen molar-refractivity contribution in [1.29, 1.82) is 0 Å². The normalized spacial score (nSPS) is 19.8. The Morgan fingerprint density at radius 3 is 3.00 bits per heavy atom. The minimum Gasteiger partial charge on any atom is -0.397 e. The van der Waals surface area contributed by atoms with Gasteiger partial charge in [-0.05, 0) is 38.3 Å². The van der Waals surface area contributed by atoms with Crippen molar-refractivity contribution in [2.45, 2.75) is 32.2 Å². The van der Waals surface area contributed by atoms with Crippen LogP contribution in [0.3, 0.4) is 0 Å². The molecular formula is C15H19N3O. The second-order valence-corrected chi connectivity index (χ2v) is 5.34. The highest BCUT2D eigenvalue weighted by molar-refractivity contribution is 6.00. The second kappa shape index (κ2) is 4.61. The number of rotatable bonds is 1. The summed E-state index contributed by atoms with van der Waals surface area (Å²) >= 11 is 0. The lowest BCUT2D eigenvalue weighted by molar-refractivity contribution is 0.0630. The van der Waals surface area contributed by atoms with Crippen LogP contribution >= 0.6 is 0 Å². The number of carbonyl (C=O) groups excluding carboxylic acids is 1. The Balaban J connectivity index is 1.95. The molecule has 1 aliphatic heterocycles. The number of carbonyl (C=O) groups is 1. The van der Waals surface area contributed by atoms with E-state index in [0.29, 0.717) is 17.4 Å². The number of nitrogens with one attached hydrogen (secondary N) is 1. The smallest absolute Gasteiger partial charge is 0.270 e. The number of hydrogen-bond acceptors (Lipinski definition) is 2. The molecule has 1 aromatic heterocycles. The molecule has 19 heavy (non-hydrogen) atoms.